The first kappa shape index (κ1) is 18.4. The highest BCUT2D eigenvalue weighted by molar-refractivity contribution is 5.90. The van der Waals surface area contributed by atoms with Gasteiger partial charge < -0.3 is 19.7 Å². The van der Waals surface area contributed by atoms with Crippen LogP contribution < -0.4 is 10.2 Å². The van der Waals surface area contributed by atoms with Gasteiger partial charge in [0.25, 0.3) is 0 Å². The highest BCUT2D eigenvalue weighted by Gasteiger charge is 2.20. The summed E-state index contributed by atoms with van der Waals surface area (Å²) in [5.74, 6) is -0.373. The topological polar surface area (TPSA) is 50.8 Å². The molecule has 0 radical (unpaired) electrons. The molecule has 0 aliphatic carbocycles. The molecule has 0 aromatic heterocycles. The summed E-state index contributed by atoms with van der Waals surface area (Å²) >= 11 is 0. The van der Waals surface area contributed by atoms with Gasteiger partial charge in [0.15, 0.2) is 0 Å². The van der Waals surface area contributed by atoms with Crippen LogP contribution in [0.4, 0.5) is 5.69 Å². The third-order valence-electron chi connectivity index (χ3n) is 4.65. The third kappa shape index (κ3) is 4.23. The summed E-state index contributed by atoms with van der Waals surface area (Å²) in [4.78, 5) is 15.0. The van der Waals surface area contributed by atoms with Crippen molar-refractivity contribution < 1.29 is 14.3 Å². The standard InChI is InChI=1S/C21H26N2O3/c1-3-16-15-18(9-10-19(16)23-13-11-22-12-14-23)20(24)26-21(25-2)17-7-5-4-6-8-17/h4-10,15,21-22H,3,11-14H2,1-2H3. The fourth-order valence-corrected chi connectivity index (χ4v) is 3.24. The number of methoxy groups -OCH3 is 1. The van der Waals surface area contributed by atoms with Gasteiger partial charge in [0.1, 0.15) is 0 Å². The Morgan fingerprint density at radius 1 is 1.15 bits per heavy atom. The number of benzene rings is 2. The van der Waals surface area contributed by atoms with E-state index in [4.69, 9.17) is 9.47 Å². The van der Waals surface area contributed by atoms with E-state index >= 15 is 0 Å². The Bertz CT molecular complexity index is 727. The number of ether oxygens (including phenoxy) is 2. The number of piperazine rings is 1. The molecule has 1 aliphatic rings. The summed E-state index contributed by atoms with van der Waals surface area (Å²) in [6.07, 6.45) is 0.161. The maximum absolute atomic E-state index is 12.6. The van der Waals surface area contributed by atoms with Crippen LogP contribution in [0.3, 0.4) is 0 Å². The Labute approximate surface area is 154 Å². The Balaban J connectivity index is 1.76. The fraction of sp³-hybridized carbons (Fsp3) is 0.381. The van der Waals surface area contributed by atoms with Crippen molar-refractivity contribution in [1.29, 1.82) is 0 Å². The highest BCUT2D eigenvalue weighted by atomic mass is 16.7. The molecule has 0 amide bonds. The molecule has 5 nitrogen and oxygen atoms in total. The van der Waals surface area contributed by atoms with Gasteiger partial charge in [0, 0.05) is 44.5 Å². The van der Waals surface area contributed by atoms with Gasteiger partial charge in [-0.2, -0.15) is 0 Å². The quantitative estimate of drug-likeness (QED) is 0.638. The summed E-state index contributed by atoms with van der Waals surface area (Å²) in [6, 6.07) is 15.3. The monoisotopic (exact) mass is 354 g/mol. The second kappa shape index (κ2) is 8.83. The van der Waals surface area contributed by atoms with Crippen LogP contribution in [0, 0.1) is 0 Å². The molecule has 2 aromatic rings. The summed E-state index contributed by atoms with van der Waals surface area (Å²) in [5, 5.41) is 3.37. The molecule has 1 unspecified atom stereocenters. The lowest BCUT2D eigenvalue weighted by molar-refractivity contribution is -0.0927. The normalized spacial score (nSPS) is 15.5. The number of esters is 1. The molecule has 5 heteroatoms. The lowest BCUT2D eigenvalue weighted by atomic mass is 10.0. The second-order valence-corrected chi connectivity index (χ2v) is 6.32. The van der Waals surface area contributed by atoms with Crippen LogP contribution in [0.15, 0.2) is 48.5 Å². The van der Waals surface area contributed by atoms with Crippen LogP contribution in [-0.4, -0.2) is 39.3 Å². The molecular formula is C21H26N2O3. The maximum atomic E-state index is 12.6. The maximum Gasteiger partial charge on any atom is 0.340 e. The van der Waals surface area contributed by atoms with Crippen molar-refractivity contribution >= 4 is 11.7 Å². The SMILES string of the molecule is CCc1cc(C(=O)OC(OC)c2ccccc2)ccc1N1CCNCC1. The smallest absolute Gasteiger partial charge is 0.340 e. The molecule has 0 spiro atoms. The van der Waals surface area contributed by atoms with Gasteiger partial charge >= 0.3 is 5.97 Å². The molecule has 1 saturated heterocycles. The molecule has 1 aliphatic heterocycles. The van der Waals surface area contributed by atoms with Gasteiger partial charge in [0.05, 0.1) is 5.56 Å². The average Bonchev–Trinajstić information content (AvgIpc) is 2.72. The zero-order valence-corrected chi connectivity index (χ0v) is 15.4. The van der Waals surface area contributed by atoms with Crippen LogP contribution >= 0.6 is 0 Å². The number of carbonyl (C=O) groups is 1. The van der Waals surface area contributed by atoms with Crippen molar-refractivity contribution in [2.75, 3.05) is 38.2 Å². The van der Waals surface area contributed by atoms with Gasteiger partial charge in [-0.25, -0.2) is 4.79 Å². The van der Waals surface area contributed by atoms with Crippen molar-refractivity contribution in [2.45, 2.75) is 19.6 Å². The molecule has 2 aromatic carbocycles. The van der Waals surface area contributed by atoms with Crippen LogP contribution in [-0.2, 0) is 15.9 Å². The molecule has 1 heterocycles. The van der Waals surface area contributed by atoms with Crippen LogP contribution in [0.25, 0.3) is 0 Å². The lowest BCUT2D eigenvalue weighted by Gasteiger charge is -2.31. The van der Waals surface area contributed by atoms with Crippen LogP contribution in [0.1, 0.15) is 34.7 Å². The number of aryl methyl sites for hydroxylation is 1. The predicted molar refractivity (Wildman–Crippen MR) is 103 cm³/mol. The molecule has 1 atom stereocenters. The molecular weight excluding hydrogens is 328 g/mol. The van der Waals surface area contributed by atoms with Crippen molar-refractivity contribution in [3.05, 3.63) is 65.2 Å². The van der Waals surface area contributed by atoms with Gasteiger partial charge in [-0.15, -0.1) is 0 Å². The molecule has 1 N–H and O–H groups in total. The van der Waals surface area contributed by atoms with Gasteiger partial charge in [0.2, 0.25) is 6.29 Å². The highest BCUT2D eigenvalue weighted by Crippen LogP contribution is 2.25. The van der Waals surface area contributed by atoms with Crippen molar-refractivity contribution in [1.82, 2.24) is 5.32 Å². The van der Waals surface area contributed by atoms with Crippen LogP contribution in [0.2, 0.25) is 0 Å². The minimum absolute atomic E-state index is 0.373. The first-order valence-corrected chi connectivity index (χ1v) is 9.10. The Morgan fingerprint density at radius 3 is 2.54 bits per heavy atom. The van der Waals surface area contributed by atoms with Crippen molar-refractivity contribution in [2.24, 2.45) is 0 Å². The average molecular weight is 354 g/mol. The lowest BCUT2D eigenvalue weighted by Crippen LogP contribution is -2.43. The number of carbonyl (C=O) groups excluding carboxylic acids is 1. The minimum atomic E-state index is -0.707. The van der Waals surface area contributed by atoms with Gasteiger partial charge in [-0.3, -0.25) is 0 Å². The first-order valence-electron chi connectivity index (χ1n) is 9.10. The number of hydrogen-bond acceptors (Lipinski definition) is 5. The fourth-order valence-electron chi connectivity index (χ4n) is 3.24. The molecule has 3 rings (SSSR count). The van der Waals surface area contributed by atoms with Gasteiger partial charge in [-0.1, -0.05) is 37.3 Å². The van der Waals surface area contributed by atoms with E-state index in [2.05, 4.69) is 17.1 Å². The van der Waals surface area contributed by atoms with Crippen LogP contribution in [0.5, 0.6) is 0 Å². The molecule has 138 valence electrons. The largest absolute Gasteiger partial charge is 0.428 e. The predicted octanol–water partition coefficient (Wildman–Crippen LogP) is 3.16. The Morgan fingerprint density at radius 2 is 1.88 bits per heavy atom. The van der Waals surface area contributed by atoms with E-state index < -0.39 is 6.29 Å². The molecule has 0 saturated carbocycles. The third-order valence-corrected chi connectivity index (χ3v) is 4.65. The first-order chi connectivity index (χ1) is 12.7. The minimum Gasteiger partial charge on any atom is -0.428 e. The van der Waals surface area contributed by atoms with E-state index in [0.717, 1.165) is 43.7 Å². The van der Waals surface area contributed by atoms with Gasteiger partial charge in [-0.05, 0) is 30.2 Å². The summed E-state index contributed by atoms with van der Waals surface area (Å²) < 4.78 is 10.9. The number of anilines is 1. The second-order valence-electron chi connectivity index (χ2n) is 6.32. The Hall–Kier alpha value is -2.37. The summed E-state index contributed by atoms with van der Waals surface area (Å²) in [5.41, 5.74) is 3.74. The molecule has 0 bridgehead atoms. The molecule has 26 heavy (non-hydrogen) atoms. The zero-order valence-electron chi connectivity index (χ0n) is 15.4. The summed E-state index contributed by atoms with van der Waals surface area (Å²) in [7, 11) is 1.54. The van der Waals surface area contributed by atoms with E-state index in [-0.39, 0.29) is 5.97 Å². The van der Waals surface area contributed by atoms with Crippen molar-refractivity contribution in [3.63, 3.8) is 0 Å². The number of rotatable bonds is 6. The number of nitrogens with one attached hydrogen (secondary N) is 1. The Kier molecular flexibility index (Phi) is 6.26. The summed E-state index contributed by atoms with van der Waals surface area (Å²) in [6.45, 7) is 6.05. The van der Waals surface area contributed by atoms with Crippen molar-refractivity contribution in [3.8, 4) is 0 Å². The van der Waals surface area contributed by atoms with E-state index in [9.17, 15) is 4.79 Å². The van der Waals surface area contributed by atoms with E-state index in [1.807, 2.05) is 48.5 Å². The molecule has 1 fully saturated rings. The number of hydrogen-bond donors (Lipinski definition) is 1. The van der Waals surface area contributed by atoms with E-state index in [1.54, 1.807) is 0 Å². The van der Waals surface area contributed by atoms with E-state index in [1.165, 1.54) is 12.8 Å². The number of nitrogens with zero attached hydrogens (tertiary/aromatic N) is 1. The zero-order chi connectivity index (χ0) is 18.4. The van der Waals surface area contributed by atoms with E-state index in [0.29, 0.717) is 5.56 Å².